The number of carboxylic acid groups (broad SMARTS) is 2. The molecule has 0 amide bonds. The molecule has 0 atom stereocenters. The fourth-order valence-corrected chi connectivity index (χ4v) is 4.17. The number of likely N-dealkylation sites (tertiary alicyclic amines) is 1. The third-order valence-electron chi connectivity index (χ3n) is 5.43. The number of hydrogen-bond acceptors (Lipinski definition) is 6. The number of aliphatic carboxylic acids is 2. The zero-order chi connectivity index (χ0) is 26.3. The van der Waals surface area contributed by atoms with Gasteiger partial charge in [-0.05, 0) is 55.5 Å². The van der Waals surface area contributed by atoms with Gasteiger partial charge in [0.05, 0.1) is 5.69 Å². The predicted molar refractivity (Wildman–Crippen MR) is 141 cm³/mol. The monoisotopic (exact) mass is 517 g/mol. The molecule has 0 bridgehead atoms. The molecule has 0 spiro atoms. The van der Waals surface area contributed by atoms with E-state index in [2.05, 4.69) is 23.1 Å². The Labute approximate surface area is 215 Å². The molecule has 10 heteroatoms. The van der Waals surface area contributed by atoms with Crippen LogP contribution in [-0.2, 0) is 9.59 Å². The molecule has 2 N–H and O–H groups in total. The Hall–Kier alpha value is -3.37. The fraction of sp³-hybridized carbons (Fsp3) is 0.346. The van der Waals surface area contributed by atoms with Crippen LogP contribution in [0.2, 0.25) is 0 Å². The van der Waals surface area contributed by atoms with Crippen LogP contribution in [0, 0.1) is 5.82 Å². The summed E-state index contributed by atoms with van der Waals surface area (Å²) < 4.78 is 18.6. The molecular weight excluding hydrogens is 485 g/mol. The minimum absolute atomic E-state index is 0.237. The van der Waals surface area contributed by atoms with Crippen molar-refractivity contribution in [3.8, 4) is 5.75 Å². The van der Waals surface area contributed by atoms with Gasteiger partial charge in [-0.2, -0.15) is 0 Å². The number of carboxylic acids is 2. The summed E-state index contributed by atoms with van der Waals surface area (Å²) in [5.41, 5.74) is 0.995. The third kappa shape index (κ3) is 10.9. The van der Waals surface area contributed by atoms with Crippen LogP contribution in [0.1, 0.15) is 12.8 Å². The number of halogens is 1. The molecule has 0 aliphatic carbocycles. The molecule has 0 aromatic heterocycles. The number of carbonyl (C=O) groups is 2. The first-order valence-electron chi connectivity index (χ1n) is 11.4. The number of rotatable bonds is 8. The van der Waals surface area contributed by atoms with Crippen LogP contribution in [0.15, 0.2) is 71.7 Å². The van der Waals surface area contributed by atoms with Crippen LogP contribution in [0.5, 0.6) is 5.75 Å². The Morgan fingerprint density at radius 2 is 1.67 bits per heavy atom. The quantitative estimate of drug-likeness (QED) is 0.303. The molecule has 1 saturated heterocycles. The van der Waals surface area contributed by atoms with Gasteiger partial charge in [-0.25, -0.2) is 19.0 Å². The molecule has 36 heavy (non-hydrogen) atoms. The van der Waals surface area contributed by atoms with E-state index >= 15 is 0 Å². The van der Waals surface area contributed by atoms with Crippen LogP contribution in [0.3, 0.4) is 0 Å². The molecule has 1 aliphatic rings. The van der Waals surface area contributed by atoms with Crippen molar-refractivity contribution in [2.45, 2.75) is 18.9 Å². The van der Waals surface area contributed by atoms with Crippen LogP contribution < -0.4 is 4.74 Å². The maximum absolute atomic E-state index is 12.9. The summed E-state index contributed by atoms with van der Waals surface area (Å²) >= 11 is 1.70. The maximum Gasteiger partial charge on any atom is 0.328 e. The van der Waals surface area contributed by atoms with Gasteiger partial charge in [0.1, 0.15) is 18.2 Å². The molecule has 0 saturated carbocycles. The van der Waals surface area contributed by atoms with Gasteiger partial charge in [0.15, 0.2) is 5.17 Å². The number of benzene rings is 2. The van der Waals surface area contributed by atoms with Gasteiger partial charge >= 0.3 is 11.9 Å². The number of ether oxygens (including phenoxy) is 1. The Kier molecular flexibility index (Phi) is 12.5. The van der Waals surface area contributed by atoms with E-state index in [1.807, 2.05) is 30.3 Å². The van der Waals surface area contributed by atoms with Gasteiger partial charge in [-0.3, -0.25) is 4.90 Å². The molecule has 2 aromatic carbocycles. The molecule has 2 aromatic rings. The van der Waals surface area contributed by atoms with E-state index in [9.17, 15) is 14.0 Å². The molecule has 3 rings (SSSR count). The van der Waals surface area contributed by atoms with Crippen molar-refractivity contribution in [3.05, 3.63) is 72.6 Å². The average Bonchev–Trinajstić information content (AvgIpc) is 2.88. The molecule has 8 nitrogen and oxygen atoms in total. The van der Waals surface area contributed by atoms with Gasteiger partial charge in [-0.15, -0.1) is 0 Å². The Bertz CT molecular complexity index is 994. The molecule has 0 radical (unpaired) electrons. The third-order valence-corrected chi connectivity index (χ3v) is 6.17. The van der Waals surface area contributed by atoms with Crippen LogP contribution in [0.25, 0.3) is 0 Å². The summed E-state index contributed by atoms with van der Waals surface area (Å²) in [4.78, 5) is 28.7. The average molecular weight is 518 g/mol. The first-order chi connectivity index (χ1) is 17.3. The Morgan fingerprint density at radius 3 is 2.19 bits per heavy atom. The van der Waals surface area contributed by atoms with Crippen molar-refractivity contribution in [2.24, 2.45) is 4.99 Å². The zero-order valence-corrected chi connectivity index (χ0v) is 21.2. The molecule has 0 unspecified atom stereocenters. The summed E-state index contributed by atoms with van der Waals surface area (Å²) in [7, 11) is 2.15. The summed E-state index contributed by atoms with van der Waals surface area (Å²) in [5, 5.41) is 16.7. The predicted octanol–water partition coefficient (Wildman–Crippen LogP) is 4.36. The Balaban J connectivity index is 0.000000493. The first kappa shape index (κ1) is 28.9. The molecule has 1 aliphatic heterocycles. The highest BCUT2D eigenvalue weighted by Crippen LogP contribution is 2.21. The zero-order valence-electron chi connectivity index (χ0n) is 20.4. The van der Waals surface area contributed by atoms with E-state index in [-0.39, 0.29) is 5.82 Å². The summed E-state index contributed by atoms with van der Waals surface area (Å²) in [6, 6.07) is 16.8. The van der Waals surface area contributed by atoms with Crippen molar-refractivity contribution in [1.82, 2.24) is 9.80 Å². The van der Waals surface area contributed by atoms with Gasteiger partial charge in [0, 0.05) is 44.9 Å². The Morgan fingerprint density at radius 1 is 1.08 bits per heavy atom. The second-order valence-corrected chi connectivity index (χ2v) is 8.70. The molecule has 194 valence electrons. The number of hydrogen-bond donors (Lipinski definition) is 2. The largest absolute Gasteiger partial charge is 0.492 e. The van der Waals surface area contributed by atoms with Gasteiger partial charge < -0.3 is 19.8 Å². The van der Waals surface area contributed by atoms with Crippen molar-refractivity contribution in [3.63, 3.8) is 0 Å². The number of para-hydroxylation sites is 1. The number of thioether (sulfide) groups is 1. The van der Waals surface area contributed by atoms with Gasteiger partial charge in [0.2, 0.25) is 0 Å². The normalized spacial score (nSPS) is 14.7. The highest BCUT2D eigenvalue weighted by Gasteiger charge is 2.24. The highest BCUT2D eigenvalue weighted by atomic mass is 32.2. The van der Waals surface area contributed by atoms with Crippen molar-refractivity contribution in [2.75, 3.05) is 39.5 Å². The highest BCUT2D eigenvalue weighted by molar-refractivity contribution is 8.13. The minimum Gasteiger partial charge on any atom is -0.492 e. The topological polar surface area (TPSA) is 103 Å². The minimum atomic E-state index is -1.26. The lowest BCUT2D eigenvalue weighted by Gasteiger charge is -2.37. The lowest BCUT2D eigenvalue weighted by atomic mass is 10.0. The second-order valence-electron chi connectivity index (χ2n) is 7.93. The van der Waals surface area contributed by atoms with Crippen LogP contribution in [0.4, 0.5) is 10.1 Å². The van der Waals surface area contributed by atoms with Crippen molar-refractivity contribution in [1.29, 1.82) is 0 Å². The first-order valence-corrected chi connectivity index (χ1v) is 12.7. The summed E-state index contributed by atoms with van der Waals surface area (Å²) in [6.45, 7) is 3.61. The number of nitrogens with zero attached hydrogens (tertiary/aromatic N) is 3. The lowest BCUT2D eigenvalue weighted by Crippen LogP contribution is -2.45. The molecule has 1 heterocycles. The lowest BCUT2D eigenvalue weighted by molar-refractivity contribution is -0.134. The van der Waals surface area contributed by atoms with Crippen molar-refractivity contribution < 1.29 is 28.9 Å². The van der Waals surface area contributed by atoms with E-state index in [0.29, 0.717) is 24.8 Å². The van der Waals surface area contributed by atoms with Crippen molar-refractivity contribution >= 4 is 34.6 Å². The SMILES string of the molecule is CSC(=Nc1ccccc1)N(C)C1CCN(CCOc2ccc(F)cc2)CC1.O=C(O)C=CC(=O)O. The van der Waals surface area contributed by atoms with E-state index < -0.39 is 11.9 Å². The maximum atomic E-state index is 12.9. The van der Waals surface area contributed by atoms with Crippen LogP contribution >= 0.6 is 11.8 Å². The summed E-state index contributed by atoms with van der Waals surface area (Å²) in [6.07, 6.45) is 5.42. The second kappa shape index (κ2) is 15.6. The van der Waals surface area contributed by atoms with E-state index in [1.165, 1.54) is 12.1 Å². The number of aliphatic imine (C=N–C) groups is 1. The van der Waals surface area contributed by atoms with E-state index in [1.54, 1.807) is 23.9 Å². The van der Waals surface area contributed by atoms with Crippen LogP contribution in [-0.4, -0.2) is 82.7 Å². The number of amidine groups is 1. The van der Waals surface area contributed by atoms with Gasteiger partial charge in [-0.1, -0.05) is 30.0 Å². The standard InChI is InChI=1S/C22H28FN3OS.C4H4O4/c1-25(22(28-2)24-19-6-4-3-5-7-19)20-12-14-26(15-13-20)16-17-27-21-10-8-18(23)9-11-21;5-3(6)1-2-4(7)8/h3-11,20H,12-17H2,1-2H3;1-2H,(H,5,6)(H,7,8). The smallest absolute Gasteiger partial charge is 0.328 e. The van der Waals surface area contributed by atoms with E-state index in [4.69, 9.17) is 19.9 Å². The summed E-state index contributed by atoms with van der Waals surface area (Å²) in [5.74, 6) is -2.03. The molecule has 1 fully saturated rings. The molecular formula is C26H32FN3O5S. The van der Waals surface area contributed by atoms with E-state index in [0.717, 1.165) is 49.1 Å². The van der Waals surface area contributed by atoms with Gasteiger partial charge in [0.25, 0.3) is 0 Å². The number of piperidine rings is 1. The fourth-order valence-electron chi connectivity index (χ4n) is 3.53.